The Morgan fingerprint density at radius 3 is 2.47 bits per heavy atom. The van der Waals surface area contributed by atoms with Crippen LogP contribution in [0.1, 0.15) is 32.1 Å². The van der Waals surface area contributed by atoms with Crippen LogP contribution in [0.15, 0.2) is 0 Å². The van der Waals surface area contributed by atoms with Crippen LogP contribution in [0.4, 0.5) is 0 Å². The topological polar surface area (TPSA) is 81.1 Å². The van der Waals surface area contributed by atoms with Crippen molar-refractivity contribution in [3.63, 3.8) is 0 Å². The Kier molecular flexibility index (Phi) is 2.87. The van der Waals surface area contributed by atoms with Gasteiger partial charge in [0.2, 0.25) is 5.91 Å². The molecule has 0 aromatic carbocycles. The van der Waals surface area contributed by atoms with Gasteiger partial charge in [0.1, 0.15) is 0 Å². The van der Waals surface area contributed by atoms with Crippen LogP contribution >= 0.6 is 0 Å². The number of carbonyl (C=O) groups is 1. The summed E-state index contributed by atoms with van der Waals surface area (Å²) >= 11 is 0. The molecule has 2 bridgehead atoms. The summed E-state index contributed by atoms with van der Waals surface area (Å²) in [6.07, 6.45) is 6.00. The van der Waals surface area contributed by atoms with Crippen molar-refractivity contribution in [1.29, 1.82) is 0 Å². The van der Waals surface area contributed by atoms with E-state index >= 15 is 0 Å². The Morgan fingerprint density at radius 2 is 1.94 bits per heavy atom. The van der Waals surface area contributed by atoms with Crippen LogP contribution in [0.25, 0.3) is 0 Å². The van der Waals surface area contributed by atoms with E-state index in [4.69, 9.17) is 11.5 Å². The molecule has 3 aliphatic carbocycles. The van der Waals surface area contributed by atoms with Gasteiger partial charge in [0.15, 0.2) is 0 Å². The molecule has 1 amide bonds. The first kappa shape index (κ1) is 11.5. The van der Waals surface area contributed by atoms with E-state index in [-0.39, 0.29) is 23.9 Å². The largest absolute Gasteiger partial charge is 0.352 e. The van der Waals surface area contributed by atoms with E-state index in [1.165, 1.54) is 25.7 Å². The van der Waals surface area contributed by atoms with E-state index in [1.807, 2.05) is 0 Å². The highest BCUT2D eigenvalue weighted by atomic mass is 16.2. The molecule has 3 rings (SSSR count). The maximum Gasteiger partial charge on any atom is 0.225 e. The van der Waals surface area contributed by atoms with Crippen molar-refractivity contribution in [1.82, 2.24) is 5.32 Å². The fraction of sp³-hybridized carbons (Fsp3) is 0.923. The van der Waals surface area contributed by atoms with Gasteiger partial charge >= 0.3 is 0 Å². The van der Waals surface area contributed by atoms with Gasteiger partial charge in [-0.25, -0.2) is 0 Å². The first-order valence-electron chi connectivity index (χ1n) is 6.96. The van der Waals surface area contributed by atoms with Crippen LogP contribution in [-0.2, 0) is 4.79 Å². The molecule has 96 valence electrons. The summed E-state index contributed by atoms with van der Waals surface area (Å²) in [5, 5.41) is 3.14. The lowest BCUT2D eigenvalue weighted by Gasteiger charge is -2.29. The molecule has 3 aliphatic rings. The van der Waals surface area contributed by atoms with Gasteiger partial charge in [0.05, 0.1) is 5.92 Å². The smallest absolute Gasteiger partial charge is 0.225 e. The van der Waals surface area contributed by atoms with Gasteiger partial charge in [-0.15, -0.1) is 0 Å². The highest BCUT2D eigenvalue weighted by molar-refractivity contribution is 5.80. The van der Waals surface area contributed by atoms with E-state index in [1.54, 1.807) is 0 Å². The molecule has 3 fully saturated rings. The minimum absolute atomic E-state index is 0.0570. The number of rotatable bonds is 4. The fourth-order valence-electron chi connectivity index (χ4n) is 3.87. The van der Waals surface area contributed by atoms with Gasteiger partial charge in [-0.3, -0.25) is 4.79 Å². The molecular weight excluding hydrogens is 214 g/mol. The second-order valence-corrected chi connectivity index (χ2v) is 6.12. The van der Waals surface area contributed by atoms with Crippen LogP contribution < -0.4 is 16.8 Å². The molecule has 0 heterocycles. The van der Waals surface area contributed by atoms with Gasteiger partial charge in [-0.1, -0.05) is 0 Å². The summed E-state index contributed by atoms with van der Waals surface area (Å²) in [6.45, 7) is 0.562. The Morgan fingerprint density at radius 1 is 1.24 bits per heavy atom. The number of nitrogens with one attached hydrogen (secondary N) is 1. The molecule has 5 N–H and O–H groups in total. The van der Waals surface area contributed by atoms with Gasteiger partial charge in [0, 0.05) is 18.6 Å². The molecule has 17 heavy (non-hydrogen) atoms. The molecule has 0 aromatic heterocycles. The summed E-state index contributed by atoms with van der Waals surface area (Å²) in [4.78, 5) is 12.3. The molecule has 0 aliphatic heterocycles. The van der Waals surface area contributed by atoms with Crippen LogP contribution in [0.2, 0.25) is 0 Å². The third kappa shape index (κ3) is 1.97. The standard InChI is InChI=1S/C13H23N3O/c14-6-10(7-1-2-7)16-13(17)11-8-3-4-9(5-8)12(11)15/h7-12H,1-6,14-15H2,(H,16,17). The molecule has 4 nitrogen and oxygen atoms in total. The van der Waals surface area contributed by atoms with Gasteiger partial charge in [-0.2, -0.15) is 0 Å². The van der Waals surface area contributed by atoms with Crippen molar-refractivity contribution in [2.75, 3.05) is 6.54 Å². The zero-order valence-electron chi connectivity index (χ0n) is 10.3. The lowest BCUT2D eigenvalue weighted by atomic mass is 9.84. The molecular formula is C13H23N3O. The molecule has 0 saturated heterocycles. The van der Waals surface area contributed by atoms with Crippen molar-refractivity contribution in [3.05, 3.63) is 0 Å². The van der Waals surface area contributed by atoms with E-state index in [2.05, 4.69) is 5.32 Å². The van der Waals surface area contributed by atoms with Crippen LogP contribution in [0.5, 0.6) is 0 Å². The van der Waals surface area contributed by atoms with Crippen molar-refractivity contribution in [3.8, 4) is 0 Å². The number of fused-ring (bicyclic) bond motifs is 2. The third-order valence-electron chi connectivity index (χ3n) is 5.06. The average Bonchev–Trinajstić information content (AvgIpc) is 2.98. The second-order valence-electron chi connectivity index (χ2n) is 6.12. The minimum atomic E-state index is 0.0570. The fourth-order valence-corrected chi connectivity index (χ4v) is 3.87. The van der Waals surface area contributed by atoms with E-state index in [0.717, 1.165) is 6.42 Å². The Labute approximate surface area is 102 Å². The Balaban J connectivity index is 1.62. The summed E-state index contributed by atoms with van der Waals surface area (Å²) in [5.74, 6) is 1.98. The summed E-state index contributed by atoms with van der Waals surface area (Å²) in [7, 11) is 0. The van der Waals surface area contributed by atoms with E-state index in [9.17, 15) is 4.79 Å². The maximum atomic E-state index is 12.3. The average molecular weight is 237 g/mol. The summed E-state index contributed by atoms with van der Waals surface area (Å²) in [6, 6.07) is 0.278. The molecule has 0 spiro atoms. The monoisotopic (exact) mass is 237 g/mol. The quantitative estimate of drug-likeness (QED) is 0.654. The van der Waals surface area contributed by atoms with E-state index < -0.39 is 0 Å². The van der Waals surface area contributed by atoms with Crippen molar-refractivity contribution in [2.45, 2.75) is 44.2 Å². The molecule has 0 aromatic rings. The SMILES string of the molecule is NCC(NC(=O)C1C2CCC(C2)C1N)C1CC1. The highest BCUT2D eigenvalue weighted by Crippen LogP contribution is 2.47. The number of nitrogens with two attached hydrogens (primary N) is 2. The number of hydrogen-bond donors (Lipinski definition) is 3. The summed E-state index contributed by atoms with van der Waals surface area (Å²) < 4.78 is 0. The van der Waals surface area contributed by atoms with Gasteiger partial charge < -0.3 is 16.8 Å². The third-order valence-corrected chi connectivity index (χ3v) is 5.06. The zero-order valence-corrected chi connectivity index (χ0v) is 10.3. The Hall–Kier alpha value is -0.610. The molecule has 5 unspecified atom stereocenters. The number of hydrogen-bond acceptors (Lipinski definition) is 3. The first-order chi connectivity index (χ1) is 8.20. The number of carbonyl (C=O) groups excluding carboxylic acids is 1. The predicted octanol–water partition coefficient (Wildman–Crippen LogP) is 0.213. The number of amides is 1. The Bertz CT molecular complexity index is 314. The van der Waals surface area contributed by atoms with Crippen LogP contribution in [-0.4, -0.2) is 24.5 Å². The predicted molar refractivity (Wildman–Crippen MR) is 66.0 cm³/mol. The minimum Gasteiger partial charge on any atom is -0.352 e. The lowest BCUT2D eigenvalue weighted by molar-refractivity contribution is -0.127. The second kappa shape index (κ2) is 4.25. The van der Waals surface area contributed by atoms with Crippen LogP contribution in [0.3, 0.4) is 0 Å². The zero-order chi connectivity index (χ0) is 12.0. The van der Waals surface area contributed by atoms with Gasteiger partial charge in [-0.05, 0) is 49.9 Å². The summed E-state index contributed by atoms with van der Waals surface area (Å²) in [5.41, 5.74) is 11.9. The molecule has 5 atom stereocenters. The normalized spacial score (nSPS) is 41.5. The molecule has 0 radical (unpaired) electrons. The van der Waals surface area contributed by atoms with Crippen molar-refractivity contribution >= 4 is 5.91 Å². The molecule has 3 saturated carbocycles. The van der Waals surface area contributed by atoms with Crippen molar-refractivity contribution < 1.29 is 4.79 Å². The maximum absolute atomic E-state index is 12.3. The lowest BCUT2D eigenvalue weighted by Crippen LogP contribution is -2.50. The first-order valence-corrected chi connectivity index (χ1v) is 6.96. The highest BCUT2D eigenvalue weighted by Gasteiger charge is 2.49. The van der Waals surface area contributed by atoms with Crippen LogP contribution in [0, 0.1) is 23.7 Å². The van der Waals surface area contributed by atoms with Gasteiger partial charge in [0.25, 0.3) is 0 Å². The van der Waals surface area contributed by atoms with Crippen molar-refractivity contribution in [2.24, 2.45) is 35.1 Å². The van der Waals surface area contributed by atoms with E-state index in [0.29, 0.717) is 24.3 Å². The molecule has 4 heteroatoms.